The minimum Gasteiger partial charge on any atom is -0.469 e. The number of hydrogen-bond acceptors (Lipinski definition) is 6. The van der Waals surface area contributed by atoms with Crippen LogP contribution in [0.25, 0.3) is 54.2 Å². The molecule has 0 N–H and O–H groups in total. The molecule has 0 heterocycles. The van der Waals surface area contributed by atoms with Gasteiger partial charge in [-0.15, -0.1) is 0 Å². The first kappa shape index (κ1) is 41.8. The van der Waals surface area contributed by atoms with Crippen LogP contribution in [-0.2, 0) is 31.9 Å². The number of aryl methyl sites for hydroxylation is 2. The largest absolute Gasteiger partial charge is 0.469 e. The molecule has 0 fully saturated rings. The number of carbonyl (C=O) groups is 2. The molecule has 0 aliphatic carbocycles. The van der Waals surface area contributed by atoms with E-state index < -0.39 is 0 Å². The molecule has 6 heteroatoms. The smallest absolute Gasteiger partial charge is 0.305 e. The van der Waals surface area contributed by atoms with E-state index in [2.05, 4.69) is 216 Å². The molecule has 0 atom stereocenters. The average Bonchev–Trinajstić information content (AvgIpc) is 3.38. The summed E-state index contributed by atoms with van der Waals surface area (Å²) in [6.07, 6.45) is 1.90. The minimum absolute atomic E-state index is 0.214. The molecule has 6 nitrogen and oxygen atoms in total. The molecule has 0 radical (unpaired) electrons. The van der Waals surface area contributed by atoms with Crippen LogP contribution in [0.3, 0.4) is 0 Å². The van der Waals surface area contributed by atoms with E-state index in [4.69, 9.17) is 9.47 Å². The van der Waals surface area contributed by atoms with Crippen LogP contribution >= 0.6 is 0 Å². The molecule has 0 amide bonds. The Hall–Kier alpha value is -8.22. The van der Waals surface area contributed by atoms with Gasteiger partial charge in [-0.2, -0.15) is 0 Å². The summed E-state index contributed by atoms with van der Waals surface area (Å²) in [5.74, 6) is -0.427. The summed E-state index contributed by atoms with van der Waals surface area (Å²) >= 11 is 0. The van der Waals surface area contributed by atoms with Gasteiger partial charge in [0.25, 0.3) is 0 Å². The average molecular weight is 861 g/mol. The van der Waals surface area contributed by atoms with E-state index >= 15 is 0 Å². The molecule has 0 aliphatic rings. The minimum atomic E-state index is -0.214. The second-order valence-corrected chi connectivity index (χ2v) is 16.6. The topological polar surface area (TPSA) is 59.1 Å². The Morgan fingerprint density at radius 2 is 0.697 bits per heavy atom. The van der Waals surface area contributed by atoms with E-state index in [0.29, 0.717) is 25.7 Å². The van der Waals surface area contributed by atoms with Gasteiger partial charge in [0.1, 0.15) is 0 Å². The van der Waals surface area contributed by atoms with E-state index in [1.165, 1.54) is 46.5 Å². The molecule has 0 bridgehead atoms. The lowest BCUT2D eigenvalue weighted by molar-refractivity contribution is -0.141. The molecule has 322 valence electrons. The van der Waals surface area contributed by atoms with Gasteiger partial charge in [0.2, 0.25) is 0 Å². The molecule has 0 unspecified atom stereocenters. The zero-order valence-corrected chi connectivity index (χ0v) is 37.0. The fourth-order valence-electron chi connectivity index (χ4n) is 9.22. The third-order valence-corrected chi connectivity index (χ3v) is 12.7. The molecule has 10 rings (SSSR count). The molecule has 10 aromatic carbocycles. The molecule has 0 spiro atoms. The van der Waals surface area contributed by atoms with Gasteiger partial charge in [-0.3, -0.25) is 9.59 Å². The number of fused-ring (bicyclic) bond motifs is 6. The maximum atomic E-state index is 11.9. The third-order valence-electron chi connectivity index (χ3n) is 12.7. The van der Waals surface area contributed by atoms with Gasteiger partial charge in [-0.05, 0) is 128 Å². The van der Waals surface area contributed by atoms with Crippen molar-refractivity contribution in [3.8, 4) is 11.1 Å². The normalized spacial score (nSPS) is 11.2. The van der Waals surface area contributed by atoms with Crippen LogP contribution in [0.4, 0.5) is 34.1 Å². The Bertz CT molecular complexity index is 3130. The first-order chi connectivity index (χ1) is 32.4. The summed E-state index contributed by atoms with van der Waals surface area (Å²) in [5, 5.41) is 9.56. The van der Waals surface area contributed by atoms with Gasteiger partial charge in [0, 0.05) is 46.4 Å². The summed E-state index contributed by atoms with van der Waals surface area (Å²) in [5.41, 5.74) is 10.6. The van der Waals surface area contributed by atoms with E-state index in [9.17, 15) is 9.59 Å². The van der Waals surface area contributed by atoms with Gasteiger partial charge in [-0.1, -0.05) is 146 Å². The summed E-state index contributed by atoms with van der Waals surface area (Å²) in [6.45, 7) is 0. The highest BCUT2D eigenvalue weighted by Gasteiger charge is 2.19. The van der Waals surface area contributed by atoms with Gasteiger partial charge in [0.15, 0.2) is 0 Å². The molecule has 0 aromatic heterocycles. The lowest BCUT2D eigenvalue weighted by Crippen LogP contribution is -2.11. The predicted molar refractivity (Wildman–Crippen MR) is 272 cm³/mol. The number of esters is 2. The molecular formula is C60H48N2O4. The molecular weight excluding hydrogens is 813 g/mol. The number of benzene rings is 10. The fourth-order valence-corrected chi connectivity index (χ4v) is 9.22. The van der Waals surface area contributed by atoms with Gasteiger partial charge in [0.05, 0.1) is 25.6 Å². The van der Waals surface area contributed by atoms with Crippen molar-refractivity contribution < 1.29 is 19.1 Å². The van der Waals surface area contributed by atoms with E-state index in [1.807, 2.05) is 0 Å². The summed E-state index contributed by atoms with van der Waals surface area (Å²) < 4.78 is 9.80. The van der Waals surface area contributed by atoms with E-state index in [0.717, 1.165) is 67.2 Å². The van der Waals surface area contributed by atoms with Crippen molar-refractivity contribution in [3.05, 3.63) is 217 Å². The quantitative estimate of drug-likeness (QED) is 0.0850. The Balaban J connectivity index is 1.01. The van der Waals surface area contributed by atoms with E-state index in [-0.39, 0.29) is 11.9 Å². The maximum Gasteiger partial charge on any atom is 0.305 e. The number of carbonyl (C=O) groups excluding carboxylic acids is 2. The SMILES string of the molecule is COC(=O)CCc1ccc(N(c2ccc(-c3ccc(N(c4ccc(CCC(=O)OC)cc4)c4cccc5c4ccc4ccccc45)cc3)cc2)c2cccc3c2ccc2ccccc23)cc1. The fraction of sp³-hybridized carbons (Fsp3) is 0.100. The standard InChI is InChI=1S/C60H48N2O4/c1-65-59(63)39-21-41-17-29-47(30-18-41)61(57-15-7-13-53-51-11-5-3-9-45(51)27-37-55(53)57)49-33-23-43(24-34-49)44-25-35-50(36-26-44)62(48-31-19-42(20-32-48)22-40-60(64)66-2)58-16-8-14-54-52-12-6-4-10-46(52)28-38-56(54)58/h3-20,23-38H,21-22,39-40H2,1-2H3. The monoisotopic (exact) mass is 860 g/mol. The number of hydrogen-bond donors (Lipinski definition) is 0. The zero-order chi connectivity index (χ0) is 45.0. The van der Waals surface area contributed by atoms with Crippen LogP contribution in [0.5, 0.6) is 0 Å². The Kier molecular flexibility index (Phi) is 11.7. The van der Waals surface area contributed by atoms with Crippen molar-refractivity contribution in [3.63, 3.8) is 0 Å². The van der Waals surface area contributed by atoms with Crippen LogP contribution in [0.2, 0.25) is 0 Å². The number of ether oxygens (including phenoxy) is 2. The van der Waals surface area contributed by atoms with E-state index in [1.54, 1.807) is 0 Å². The molecule has 0 saturated heterocycles. The van der Waals surface area contributed by atoms with Gasteiger partial charge < -0.3 is 19.3 Å². The van der Waals surface area contributed by atoms with Gasteiger partial charge in [-0.25, -0.2) is 0 Å². The molecule has 0 aliphatic heterocycles. The number of methoxy groups -OCH3 is 2. The lowest BCUT2D eigenvalue weighted by atomic mass is 9.99. The number of anilines is 6. The molecule has 10 aromatic rings. The van der Waals surface area contributed by atoms with Crippen LogP contribution < -0.4 is 9.80 Å². The molecule has 66 heavy (non-hydrogen) atoms. The highest BCUT2D eigenvalue weighted by Crippen LogP contribution is 2.43. The Morgan fingerprint density at radius 1 is 0.348 bits per heavy atom. The highest BCUT2D eigenvalue weighted by molar-refractivity contribution is 6.14. The van der Waals surface area contributed by atoms with Crippen molar-refractivity contribution in [1.29, 1.82) is 0 Å². The van der Waals surface area contributed by atoms with Crippen LogP contribution in [0.15, 0.2) is 206 Å². The number of nitrogens with zero attached hydrogens (tertiary/aromatic N) is 2. The van der Waals surface area contributed by atoms with Crippen molar-refractivity contribution in [2.75, 3.05) is 24.0 Å². The second-order valence-electron chi connectivity index (χ2n) is 16.6. The number of rotatable bonds is 13. The Morgan fingerprint density at radius 3 is 1.08 bits per heavy atom. The van der Waals surface area contributed by atoms with Gasteiger partial charge >= 0.3 is 11.9 Å². The first-order valence-electron chi connectivity index (χ1n) is 22.4. The van der Waals surface area contributed by atoms with Crippen molar-refractivity contribution >= 4 is 89.2 Å². The van der Waals surface area contributed by atoms with Crippen LogP contribution in [0.1, 0.15) is 24.0 Å². The van der Waals surface area contributed by atoms with Crippen LogP contribution in [-0.4, -0.2) is 26.2 Å². The summed E-state index contributed by atoms with van der Waals surface area (Å²) in [4.78, 5) is 28.5. The molecule has 0 saturated carbocycles. The summed E-state index contributed by atoms with van der Waals surface area (Å²) in [6, 6.07) is 73.5. The first-order valence-corrected chi connectivity index (χ1v) is 22.4. The van der Waals surface area contributed by atoms with Crippen molar-refractivity contribution in [2.24, 2.45) is 0 Å². The van der Waals surface area contributed by atoms with Crippen molar-refractivity contribution in [2.45, 2.75) is 25.7 Å². The van der Waals surface area contributed by atoms with Crippen molar-refractivity contribution in [1.82, 2.24) is 0 Å². The maximum absolute atomic E-state index is 11.9. The lowest BCUT2D eigenvalue weighted by Gasteiger charge is -2.28. The predicted octanol–water partition coefficient (Wildman–Crippen LogP) is 15.1. The highest BCUT2D eigenvalue weighted by atomic mass is 16.5. The second kappa shape index (κ2) is 18.5. The zero-order valence-electron chi connectivity index (χ0n) is 37.0. The Labute approximate surface area is 384 Å². The third kappa shape index (κ3) is 8.33. The summed E-state index contributed by atoms with van der Waals surface area (Å²) in [7, 11) is 2.86. The van der Waals surface area contributed by atoms with Crippen LogP contribution in [0, 0.1) is 0 Å².